The molecule has 9 heteroatoms. The van der Waals surface area contributed by atoms with Crippen LogP contribution in [0.4, 0.5) is 5.69 Å². The Morgan fingerprint density at radius 1 is 1.34 bits per heavy atom. The van der Waals surface area contributed by atoms with Crippen LogP contribution in [0, 0.1) is 12.3 Å². The molecule has 0 fully saturated rings. The predicted molar refractivity (Wildman–Crippen MR) is 126 cm³/mol. The van der Waals surface area contributed by atoms with Crippen LogP contribution in [0.15, 0.2) is 35.1 Å². The van der Waals surface area contributed by atoms with Gasteiger partial charge in [0, 0.05) is 25.4 Å². The molecule has 32 heavy (non-hydrogen) atoms. The minimum absolute atomic E-state index is 0.109. The molecule has 0 saturated carbocycles. The molecule has 1 aliphatic rings. The second-order valence-corrected chi connectivity index (χ2v) is 8.74. The van der Waals surface area contributed by atoms with Gasteiger partial charge in [0.2, 0.25) is 0 Å². The Balaban J connectivity index is 2.02. The van der Waals surface area contributed by atoms with Crippen molar-refractivity contribution in [1.82, 2.24) is 15.1 Å². The molecule has 0 radical (unpaired) electrons. The van der Waals surface area contributed by atoms with Crippen LogP contribution in [0.3, 0.4) is 0 Å². The van der Waals surface area contributed by atoms with Crippen molar-refractivity contribution < 1.29 is 9.59 Å². The van der Waals surface area contributed by atoms with Gasteiger partial charge in [-0.15, -0.1) is 0 Å². The number of likely N-dealkylation sites (N-methyl/N-ethyl adjacent to an activating group) is 1. The zero-order valence-corrected chi connectivity index (χ0v) is 19.0. The average Bonchev–Trinajstić information content (AvgIpc) is 3.05. The quantitative estimate of drug-likeness (QED) is 0.367. The number of allylic oxidation sites excluding steroid dienone is 1. The van der Waals surface area contributed by atoms with Crippen molar-refractivity contribution in [3.8, 4) is 5.69 Å². The zero-order valence-electron chi connectivity index (χ0n) is 19.0. The summed E-state index contributed by atoms with van der Waals surface area (Å²) in [6.07, 6.45) is 4.20. The van der Waals surface area contributed by atoms with E-state index in [1.807, 2.05) is 14.0 Å². The number of nitrogens with one attached hydrogen (secondary N) is 2. The van der Waals surface area contributed by atoms with Gasteiger partial charge in [0.05, 0.1) is 46.1 Å². The molecule has 6 N–H and O–H groups in total. The van der Waals surface area contributed by atoms with Gasteiger partial charge in [0.1, 0.15) is 0 Å². The largest absolute Gasteiger partial charge is 0.403 e. The van der Waals surface area contributed by atoms with E-state index in [0.717, 1.165) is 24.3 Å². The Labute approximate surface area is 188 Å². The van der Waals surface area contributed by atoms with E-state index in [-0.39, 0.29) is 11.2 Å². The number of primary amides is 1. The molecule has 0 saturated heterocycles. The van der Waals surface area contributed by atoms with Crippen LogP contribution in [0.25, 0.3) is 5.69 Å². The number of aryl methyl sites for hydroxylation is 1. The van der Waals surface area contributed by atoms with Gasteiger partial charge in [-0.25, -0.2) is 4.68 Å². The topological polar surface area (TPSA) is 140 Å². The minimum atomic E-state index is -0.572. The summed E-state index contributed by atoms with van der Waals surface area (Å²) in [5.74, 6) is -0.462. The lowest BCUT2D eigenvalue weighted by molar-refractivity contribution is 0.0909. The summed E-state index contributed by atoms with van der Waals surface area (Å²) >= 11 is 0. The molecule has 3 rings (SSSR count). The lowest BCUT2D eigenvalue weighted by Gasteiger charge is -2.29. The summed E-state index contributed by atoms with van der Waals surface area (Å²) in [5, 5.41) is 10.8. The first kappa shape index (κ1) is 23.2. The average molecular weight is 438 g/mol. The smallest absolute Gasteiger partial charge is 0.250 e. The van der Waals surface area contributed by atoms with Crippen molar-refractivity contribution >= 4 is 23.6 Å². The summed E-state index contributed by atoms with van der Waals surface area (Å²) in [6, 6.07) is 5.20. The maximum Gasteiger partial charge on any atom is 0.250 e. The first-order valence-electron chi connectivity index (χ1n) is 10.6. The number of aromatic nitrogens is 2. The maximum atomic E-state index is 12.7. The van der Waals surface area contributed by atoms with Crippen molar-refractivity contribution in [2.45, 2.75) is 33.6 Å². The first-order valence-corrected chi connectivity index (χ1v) is 10.6. The summed E-state index contributed by atoms with van der Waals surface area (Å²) in [5.41, 5.74) is 15.5. The van der Waals surface area contributed by atoms with Gasteiger partial charge in [0.25, 0.3) is 5.91 Å². The number of Topliss-reactive ketones (excluding diaryl/α,β-unsaturated/α-hetero) is 1. The van der Waals surface area contributed by atoms with Gasteiger partial charge in [-0.1, -0.05) is 13.8 Å². The molecule has 1 heterocycles. The Bertz CT molecular complexity index is 1100. The Morgan fingerprint density at radius 3 is 2.75 bits per heavy atom. The number of benzene rings is 1. The molecular weight excluding hydrogens is 406 g/mol. The molecule has 0 atom stereocenters. The number of rotatable bonds is 8. The van der Waals surface area contributed by atoms with E-state index in [2.05, 4.69) is 34.6 Å². The van der Waals surface area contributed by atoms with E-state index < -0.39 is 5.91 Å². The summed E-state index contributed by atoms with van der Waals surface area (Å²) in [4.78, 5) is 29.1. The third-order valence-electron chi connectivity index (χ3n) is 5.41. The highest BCUT2D eigenvalue weighted by molar-refractivity contribution is 6.01. The molecule has 0 bridgehead atoms. The van der Waals surface area contributed by atoms with Crippen molar-refractivity contribution in [3.63, 3.8) is 0 Å². The van der Waals surface area contributed by atoms with E-state index >= 15 is 0 Å². The number of hydrogen-bond acceptors (Lipinski definition) is 7. The van der Waals surface area contributed by atoms with Crippen molar-refractivity contribution in [3.05, 3.63) is 52.6 Å². The van der Waals surface area contributed by atoms with Crippen LogP contribution in [0.2, 0.25) is 0 Å². The summed E-state index contributed by atoms with van der Waals surface area (Å²) < 4.78 is 1.78. The highest BCUT2D eigenvalue weighted by Gasteiger charge is 2.35. The van der Waals surface area contributed by atoms with Gasteiger partial charge >= 0.3 is 0 Å². The molecular formula is C23H31N7O2. The SMILES string of the molecule is CNCCN=C/C(=C\N)Nc1cc(-n2nc(C)c3c2CC(C)(C)CC3=O)ccc1C(N)=O. The van der Waals surface area contributed by atoms with Crippen LogP contribution < -0.4 is 22.1 Å². The van der Waals surface area contributed by atoms with Crippen LogP contribution in [0.1, 0.15) is 52.4 Å². The van der Waals surface area contributed by atoms with Gasteiger partial charge in [0.15, 0.2) is 5.78 Å². The molecule has 9 nitrogen and oxygen atoms in total. The summed E-state index contributed by atoms with van der Waals surface area (Å²) in [7, 11) is 1.85. The lowest BCUT2D eigenvalue weighted by atomic mass is 9.75. The van der Waals surface area contributed by atoms with Crippen molar-refractivity contribution in [2.24, 2.45) is 21.9 Å². The van der Waals surface area contributed by atoms with Crippen molar-refractivity contribution in [1.29, 1.82) is 0 Å². The first-order chi connectivity index (χ1) is 15.2. The van der Waals surface area contributed by atoms with Crippen LogP contribution in [-0.4, -0.2) is 47.8 Å². The van der Waals surface area contributed by atoms with E-state index in [1.54, 1.807) is 29.1 Å². The number of anilines is 1. The van der Waals surface area contributed by atoms with Gasteiger partial charge in [-0.2, -0.15) is 5.10 Å². The molecule has 0 unspecified atom stereocenters. The van der Waals surface area contributed by atoms with Gasteiger partial charge in [-0.3, -0.25) is 14.6 Å². The molecule has 2 aromatic rings. The normalized spacial score (nSPS) is 15.8. The van der Waals surface area contributed by atoms with Crippen LogP contribution in [-0.2, 0) is 6.42 Å². The fourth-order valence-corrected chi connectivity index (χ4v) is 3.95. The fraction of sp³-hybridized carbons (Fsp3) is 0.391. The molecule has 0 spiro atoms. The highest BCUT2D eigenvalue weighted by atomic mass is 16.1. The molecule has 1 aliphatic carbocycles. The molecule has 0 aliphatic heterocycles. The second kappa shape index (κ2) is 9.35. The number of nitrogens with zero attached hydrogens (tertiary/aromatic N) is 3. The van der Waals surface area contributed by atoms with Crippen molar-refractivity contribution in [2.75, 3.05) is 25.5 Å². The standard InChI is InChI=1S/C23H31N7O2/c1-14-21-19(10-23(2,3)11-20(21)31)30(29-14)16-5-6-17(22(25)32)18(9-16)28-15(12-24)13-27-8-7-26-4/h5-6,9,12-13,26,28H,7-8,10-11,24H2,1-4H3,(H2,25,32)/b15-12+,27-13?. The molecule has 170 valence electrons. The van der Waals surface area contributed by atoms with E-state index in [1.165, 1.54) is 6.20 Å². The zero-order chi connectivity index (χ0) is 23.5. The fourth-order valence-electron chi connectivity index (χ4n) is 3.95. The third-order valence-corrected chi connectivity index (χ3v) is 5.41. The Morgan fingerprint density at radius 2 is 2.09 bits per heavy atom. The number of carbonyl (C=O) groups is 2. The number of nitrogens with two attached hydrogens (primary N) is 2. The number of fused-ring (bicyclic) bond motifs is 1. The highest BCUT2D eigenvalue weighted by Crippen LogP contribution is 2.37. The van der Waals surface area contributed by atoms with Crippen LogP contribution in [0.5, 0.6) is 0 Å². The predicted octanol–water partition coefficient (Wildman–Crippen LogP) is 1.94. The maximum absolute atomic E-state index is 12.7. The molecule has 1 amide bonds. The summed E-state index contributed by atoms with van der Waals surface area (Å²) in [6.45, 7) is 7.32. The number of ketones is 1. The second-order valence-electron chi connectivity index (χ2n) is 8.74. The minimum Gasteiger partial charge on any atom is -0.403 e. The molecule has 1 aromatic heterocycles. The number of aliphatic imine (C=N–C) groups is 1. The van der Waals surface area contributed by atoms with E-state index in [4.69, 9.17) is 11.5 Å². The Hall–Kier alpha value is -3.46. The Kier molecular flexibility index (Phi) is 6.78. The van der Waals surface area contributed by atoms with E-state index in [9.17, 15) is 9.59 Å². The number of amides is 1. The van der Waals surface area contributed by atoms with Gasteiger partial charge < -0.3 is 22.1 Å². The number of carbonyl (C=O) groups excluding carboxylic acids is 2. The third kappa shape index (κ3) is 4.88. The molecule has 1 aromatic carbocycles. The van der Waals surface area contributed by atoms with E-state index in [0.29, 0.717) is 41.2 Å². The monoisotopic (exact) mass is 437 g/mol. The number of hydrogen-bond donors (Lipinski definition) is 4. The lowest BCUT2D eigenvalue weighted by Crippen LogP contribution is -2.28. The van der Waals surface area contributed by atoms with Crippen LogP contribution >= 0.6 is 0 Å². The van der Waals surface area contributed by atoms with Gasteiger partial charge in [-0.05, 0) is 44.0 Å².